The van der Waals surface area contributed by atoms with Crippen molar-refractivity contribution in [2.45, 2.75) is 63.5 Å². The predicted molar refractivity (Wildman–Crippen MR) is 165 cm³/mol. The molecule has 3 amide bonds. The first-order valence-electron chi connectivity index (χ1n) is 15.0. The number of nitrogens with one attached hydrogen (secondary N) is 2. The third kappa shape index (κ3) is 7.18. The molecule has 3 aliphatic rings. The lowest BCUT2D eigenvalue weighted by Gasteiger charge is -2.34. The number of ether oxygens (including phenoxy) is 1. The first-order valence-corrected chi connectivity index (χ1v) is 15.4. The van der Waals surface area contributed by atoms with Crippen molar-refractivity contribution in [1.29, 1.82) is 0 Å². The highest BCUT2D eigenvalue weighted by Gasteiger charge is 2.64. The van der Waals surface area contributed by atoms with Crippen LogP contribution < -0.4 is 10.6 Å². The molecule has 0 bridgehead atoms. The molecule has 1 heterocycles. The Balaban J connectivity index is 1.28. The van der Waals surface area contributed by atoms with Crippen LogP contribution in [0.1, 0.15) is 52.0 Å². The second kappa shape index (κ2) is 12.4. The molecule has 2 aromatic carbocycles. The van der Waals surface area contributed by atoms with Crippen LogP contribution in [-0.4, -0.2) is 84.8 Å². The van der Waals surface area contributed by atoms with Crippen LogP contribution >= 0.6 is 11.6 Å². The smallest absolute Gasteiger partial charge is 0.412 e. The third-order valence-corrected chi connectivity index (χ3v) is 9.16. The number of carbonyl (C=O) groups excluding carboxylic acids is 2. The molecule has 0 radical (unpaired) electrons. The average molecular weight is 600 g/mol. The zero-order chi connectivity index (χ0) is 30.1. The molecular weight excluding hydrogens is 557 g/mol. The van der Waals surface area contributed by atoms with Crippen molar-refractivity contribution < 1.29 is 18.7 Å². The van der Waals surface area contributed by atoms with E-state index in [0.29, 0.717) is 23.8 Å². The molecule has 2 N–H and O–H groups in total. The number of hydrogen-bond acceptors (Lipinski definition) is 5. The highest BCUT2D eigenvalue weighted by Crippen LogP contribution is 2.65. The van der Waals surface area contributed by atoms with Gasteiger partial charge < -0.3 is 24.8 Å². The van der Waals surface area contributed by atoms with Gasteiger partial charge in [-0.2, -0.15) is 0 Å². The summed E-state index contributed by atoms with van der Waals surface area (Å²) in [4.78, 5) is 32.9. The van der Waals surface area contributed by atoms with E-state index in [1.807, 2.05) is 43.9 Å². The Hall–Kier alpha value is -2.88. The minimum Gasteiger partial charge on any atom is -0.444 e. The zero-order valence-electron chi connectivity index (χ0n) is 25.1. The van der Waals surface area contributed by atoms with Gasteiger partial charge in [-0.25, -0.2) is 14.0 Å². The molecule has 0 aromatic heterocycles. The Bertz CT molecular complexity index is 1300. The molecule has 2 aliphatic carbocycles. The van der Waals surface area contributed by atoms with E-state index in [1.54, 1.807) is 6.07 Å². The summed E-state index contributed by atoms with van der Waals surface area (Å²) < 4.78 is 19.2. The van der Waals surface area contributed by atoms with Gasteiger partial charge in [-0.3, -0.25) is 5.32 Å². The summed E-state index contributed by atoms with van der Waals surface area (Å²) in [5.41, 5.74) is 1.79. The van der Waals surface area contributed by atoms with Crippen molar-refractivity contribution in [2.24, 2.45) is 5.92 Å². The lowest BCUT2D eigenvalue weighted by molar-refractivity contribution is 0.0636. The van der Waals surface area contributed by atoms with Crippen LogP contribution in [0, 0.1) is 11.7 Å². The number of nitrogens with zero attached hydrogens (tertiary/aromatic N) is 3. The van der Waals surface area contributed by atoms with Crippen LogP contribution in [0.15, 0.2) is 42.5 Å². The number of fused-ring (bicyclic) bond motifs is 1. The number of anilines is 2. The van der Waals surface area contributed by atoms with Crippen LogP contribution in [-0.2, 0) is 10.2 Å². The normalized spacial score (nSPS) is 24.1. The molecule has 8 nitrogen and oxygen atoms in total. The van der Waals surface area contributed by atoms with Gasteiger partial charge in [0.1, 0.15) is 11.4 Å². The molecule has 0 unspecified atom stereocenters. The zero-order valence-corrected chi connectivity index (χ0v) is 25.8. The van der Waals surface area contributed by atoms with Gasteiger partial charge in [0, 0.05) is 55.6 Å². The number of likely N-dealkylation sites (N-methyl/N-ethyl adjacent to an activating group) is 1. The number of benzene rings is 2. The van der Waals surface area contributed by atoms with Crippen molar-refractivity contribution in [3.05, 3.63) is 58.9 Å². The van der Waals surface area contributed by atoms with Crippen molar-refractivity contribution in [3.63, 3.8) is 0 Å². The van der Waals surface area contributed by atoms with Gasteiger partial charge in [0.05, 0.1) is 5.02 Å². The van der Waals surface area contributed by atoms with E-state index in [-0.39, 0.29) is 22.5 Å². The van der Waals surface area contributed by atoms with E-state index in [9.17, 15) is 14.0 Å². The number of hydrogen-bond donors (Lipinski definition) is 2. The first kappa shape index (κ1) is 30.6. The summed E-state index contributed by atoms with van der Waals surface area (Å²) in [6.07, 6.45) is 3.28. The highest BCUT2D eigenvalue weighted by atomic mass is 35.5. The van der Waals surface area contributed by atoms with Gasteiger partial charge in [0.15, 0.2) is 0 Å². The van der Waals surface area contributed by atoms with Crippen LogP contribution in [0.3, 0.4) is 0 Å². The standard InChI is InChI=1S/C32H43ClFN5O3/c1-31(2,3)42-30(41)36-23-8-5-7-22(19-23)32-12-11-28(25(32)21-32)39(14-6-13-38-17-15-37(4)16-18-38)29(40)35-24-9-10-27(34)26(33)20-24/h5,7-10,19-20,25,28H,6,11-18,21H2,1-4H3,(H,35,40)(H,36,41)/t25-,28-,32-/m1/s1. The number of carbonyl (C=O) groups is 2. The molecule has 228 valence electrons. The van der Waals surface area contributed by atoms with Crippen LogP contribution in [0.4, 0.5) is 25.4 Å². The fraction of sp³-hybridized carbons (Fsp3) is 0.562. The van der Waals surface area contributed by atoms with E-state index in [1.165, 1.54) is 17.7 Å². The van der Waals surface area contributed by atoms with E-state index in [4.69, 9.17) is 16.3 Å². The SMILES string of the molecule is CN1CCN(CCCN(C(=O)Nc2ccc(F)c(Cl)c2)[C@@H]2CC[C@]3(c4cccc(NC(=O)OC(C)(C)C)c4)C[C@H]23)CC1. The Labute approximate surface area is 253 Å². The summed E-state index contributed by atoms with van der Waals surface area (Å²) in [5.74, 6) is -0.180. The first-order chi connectivity index (χ1) is 19.9. The lowest BCUT2D eigenvalue weighted by Crippen LogP contribution is -2.47. The van der Waals surface area contributed by atoms with Crippen molar-refractivity contribution >= 4 is 35.1 Å². The summed E-state index contributed by atoms with van der Waals surface area (Å²) in [6.45, 7) is 11.3. The van der Waals surface area contributed by atoms with Crippen molar-refractivity contribution in [2.75, 3.05) is 56.9 Å². The number of urea groups is 1. The Morgan fingerprint density at radius 2 is 1.83 bits per heavy atom. The number of halogens is 2. The molecule has 3 atom stereocenters. The summed E-state index contributed by atoms with van der Waals surface area (Å²) >= 11 is 5.99. The molecule has 5 rings (SSSR count). The number of amides is 3. The molecule has 1 aliphatic heterocycles. The molecule has 2 aromatic rings. The Morgan fingerprint density at radius 1 is 1.10 bits per heavy atom. The molecule has 42 heavy (non-hydrogen) atoms. The van der Waals surface area contributed by atoms with Gasteiger partial charge in [-0.05, 0) is 102 Å². The van der Waals surface area contributed by atoms with Crippen LogP contribution in [0.2, 0.25) is 5.02 Å². The summed E-state index contributed by atoms with van der Waals surface area (Å²) in [6, 6.07) is 12.2. The summed E-state index contributed by atoms with van der Waals surface area (Å²) in [7, 11) is 2.15. The number of piperazine rings is 1. The Morgan fingerprint density at radius 3 is 2.52 bits per heavy atom. The van der Waals surface area contributed by atoms with Gasteiger partial charge in [-0.1, -0.05) is 23.7 Å². The molecular formula is C32H43ClFN5O3. The summed E-state index contributed by atoms with van der Waals surface area (Å²) in [5, 5.41) is 5.83. The van der Waals surface area contributed by atoms with Gasteiger partial charge in [0.25, 0.3) is 0 Å². The Kier molecular flexibility index (Phi) is 9.02. The maximum Gasteiger partial charge on any atom is 0.412 e. The molecule has 3 fully saturated rings. The number of rotatable bonds is 8. The van der Waals surface area contributed by atoms with E-state index >= 15 is 0 Å². The predicted octanol–water partition coefficient (Wildman–Crippen LogP) is 6.42. The third-order valence-electron chi connectivity index (χ3n) is 8.87. The fourth-order valence-electron chi connectivity index (χ4n) is 6.63. The van der Waals surface area contributed by atoms with Crippen LogP contribution in [0.25, 0.3) is 0 Å². The second-order valence-corrected chi connectivity index (χ2v) is 13.4. The fourth-order valence-corrected chi connectivity index (χ4v) is 6.81. The quantitative estimate of drug-likeness (QED) is 0.366. The van der Waals surface area contributed by atoms with E-state index in [2.05, 4.69) is 33.5 Å². The lowest BCUT2D eigenvalue weighted by atomic mass is 9.93. The van der Waals surface area contributed by atoms with Gasteiger partial charge in [-0.15, -0.1) is 0 Å². The highest BCUT2D eigenvalue weighted by molar-refractivity contribution is 6.31. The van der Waals surface area contributed by atoms with Crippen molar-refractivity contribution in [3.8, 4) is 0 Å². The van der Waals surface area contributed by atoms with E-state index in [0.717, 1.165) is 58.4 Å². The van der Waals surface area contributed by atoms with Crippen molar-refractivity contribution in [1.82, 2.24) is 14.7 Å². The molecule has 10 heteroatoms. The minimum atomic E-state index is -0.575. The van der Waals surface area contributed by atoms with Gasteiger partial charge in [0.2, 0.25) is 0 Å². The monoisotopic (exact) mass is 599 g/mol. The second-order valence-electron chi connectivity index (χ2n) is 13.0. The van der Waals surface area contributed by atoms with Crippen LogP contribution in [0.5, 0.6) is 0 Å². The van der Waals surface area contributed by atoms with E-state index < -0.39 is 17.5 Å². The maximum atomic E-state index is 13.7. The topological polar surface area (TPSA) is 77.2 Å². The average Bonchev–Trinajstić information content (AvgIpc) is 3.55. The molecule has 1 saturated heterocycles. The largest absolute Gasteiger partial charge is 0.444 e. The molecule has 0 spiro atoms. The minimum absolute atomic E-state index is 0.00848. The maximum absolute atomic E-state index is 13.7. The van der Waals surface area contributed by atoms with Gasteiger partial charge >= 0.3 is 12.1 Å². The molecule has 2 saturated carbocycles.